The maximum Gasteiger partial charge on any atom is 0.349 e. The third-order valence-electron chi connectivity index (χ3n) is 3.55. The van der Waals surface area contributed by atoms with Crippen LogP contribution in [0.2, 0.25) is 0 Å². The van der Waals surface area contributed by atoms with E-state index in [1.54, 1.807) is 36.4 Å². The van der Waals surface area contributed by atoms with E-state index in [1.807, 2.05) is 0 Å². The summed E-state index contributed by atoms with van der Waals surface area (Å²) in [5, 5.41) is 3.23. The van der Waals surface area contributed by atoms with Crippen molar-refractivity contribution in [2.24, 2.45) is 0 Å². The molecule has 0 radical (unpaired) electrons. The van der Waals surface area contributed by atoms with Crippen LogP contribution in [0.5, 0.6) is 0 Å². The van der Waals surface area contributed by atoms with Crippen molar-refractivity contribution in [3.05, 3.63) is 73.0 Å². The number of nitrogens with one attached hydrogen (secondary N) is 1. The Hall–Kier alpha value is -2.25. The monoisotopic (exact) mass is 463 g/mol. The third-order valence-corrected chi connectivity index (χ3v) is 4.59. The lowest BCUT2D eigenvalue weighted by molar-refractivity contribution is 0.101. The quantitative estimate of drug-likeness (QED) is 0.447. The summed E-state index contributed by atoms with van der Waals surface area (Å²) in [6.07, 6.45) is 0. The minimum Gasteiger partial charge on any atom is -0.421 e. The average Bonchev–Trinajstić information content (AvgIpc) is 2.55. The standard InChI is InChI=1S/C18H11Br2NO4/c1-9(22)10-2-4-13(5-3-10)21-17(23)14-7-11-6-12(19)8-15(20)16(11)25-18(14)24/h2-8H,1H3,(H,21,23). The number of carbonyl (C=O) groups is 2. The van der Waals surface area contributed by atoms with Gasteiger partial charge in [0.15, 0.2) is 11.4 Å². The van der Waals surface area contributed by atoms with Gasteiger partial charge in [-0.25, -0.2) is 4.79 Å². The van der Waals surface area contributed by atoms with Gasteiger partial charge in [0.1, 0.15) is 5.56 Å². The van der Waals surface area contributed by atoms with E-state index in [4.69, 9.17) is 4.42 Å². The Bertz CT molecular complexity index is 1060. The molecule has 1 N–H and O–H groups in total. The highest BCUT2D eigenvalue weighted by Gasteiger charge is 2.16. The van der Waals surface area contributed by atoms with Crippen molar-refractivity contribution in [1.29, 1.82) is 0 Å². The molecular formula is C18H11Br2NO4. The number of hydrogen-bond donors (Lipinski definition) is 1. The fourth-order valence-corrected chi connectivity index (χ4v) is 3.64. The molecule has 2 aromatic carbocycles. The lowest BCUT2D eigenvalue weighted by atomic mass is 10.1. The van der Waals surface area contributed by atoms with Crippen LogP contribution in [0.1, 0.15) is 27.6 Å². The molecule has 1 aromatic heterocycles. The highest BCUT2D eigenvalue weighted by Crippen LogP contribution is 2.28. The summed E-state index contributed by atoms with van der Waals surface area (Å²) in [7, 11) is 0. The molecule has 0 spiro atoms. The first-order valence-electron chi connectivity index (χ1n) is 7.20. The van der Waals surface area contributed by atoms with E-state index in [9.17, 15) is 14.4 Å². The summed E-state index contributed by atoms with van der Waals surface area (Å²) >= 11 is 6.68. The van der Waals surface area contributed by atoms with Gasteiger partial charge in [-0.15, -0.1) is 0 Å². The zero-order valence-corrected chi connectivity index (χ0v) is 16.1. The Morgan fingerprint density at radius 2 is 1.72 bits per heavy atom. The number of carbonyl (C=O) groups excluding carboxylic acids is 2. The number of benzene rings is 2. The first kappa shape index (κ1) is 17.6. The van der Waals surface area contributed by atoms with Crippen LogP contribution in [0.25, 0.3) is 11.0 Å². The summed E-state index contributed by atoms with van der Waals surface area (Å²) in [4.78, 5) is 35.8. The molecule has 25 heavy (non-hydrogen) atoms. The minimum atomic E-state index is -0.728. The molecule has 0 fully saturated rings. The van der Waals surface area contributed by atoms with Crippen LogP contribution < -0.4 is 10.9 Å². The number of halogens is 2. The fourth-order valence-electron chi connectivity index (χ4n) is 2.30. The molecule has 0 atom stereocenters. The van der Waals surface area contributed by atoms with Crippen LogP contribution in [-0.2, 0) is 0 Å². The summed E-state index contributed by atoms with van der Waals surface area (Å²) < 4.78 is 6.66. The Balaban J connectivity index is 1.95. The fraction of sp³-hybridized carbons (Fsp3) is 0.0556. The van der Waals surface area contributed by atoms with Gasteiger partial charge in [0.25, 0.3) is 5.91 Å². The van der Waals surface area contributed by atoms with Crippen molar-refractivity contribution in [3.8, 4) is 0 Å². The van der Waals surface area contributed by atoms with E-state index in [0.717, 1.165) is 4.47 Å². The number of anilines is 1. The molecule has 3 rings (SSSR count). The number of Topliss-reactive ketones (excluding diaryl/α,β-unsaturated/α-hetero) is 1. The van der Waals surface area contributed by atoms with Gasteiger partial charge in [-0.1, -0.05) is 15.9 Å². The van der Waals surface area contributed by atoms with Crippen molar-refractivity contribution in [1.82, 2.24) is 0 Å². The van der Waals surface area contributed by atoms with E-state index < -0.39 is 11.5 Å². The highest BCUT2D eigenvalue weighted by molar-refractivity contribution is 9.11. The van der Waals surface area contributed by atoms with Crippen molar-refractivity contribution in [3.63, 3.8) is 0 Å². The molecule has 0 aliphatic heterocycles. The van der Waals surface area contributed by atoms with Gasteiger partial charge in [0.05, 0.1) is 4.47 Å². The second kappa shape index (κ2) is 6.93. The lowest BCUT2D eigenvalue weighted by Crippen LogP contribution is -2.20. The second-order valence-electron chi connectivity index (χ2n) is 5.34. The van der Waals surface area contributed by atoms with Gasteiger partial charge in [-0.05, 0) is 65.3 Å². The molecule has 1 amide bonds. The molecule has 0 aliphatic rings. The number of ketones is 1. The SMILES string of the molecule is CC(=O)c1ccc(NC(=O)c2cc3cc(Br)cc(Br)c3oc2=O)cc1. The predicted octanol–water partition coefficient (Wildman–Crippen LogP) is 4.77. The molecule has 5 nitrogen and oxygen atoms in total. The molecule has 0 unspecified atom stereocenters. The van der Waals surface area contributed by atoms with E-state index in [1.165, 1.54) is 13.0 Å². The Morgan fingerprint density at radius 1 is 1.04 bits per heavy atom. The topological polar surface area (TPSA) is 76.4 Å². The van der Waals surface area contributed by atoms with Gasteiger partial charge in [0.2, 0.25) is 0 Å². The molecular weight excluding hydrogens is 454 g/mol. The van der Waals surface area contributed by atoms with E-state index in [-0.39, 0.29) is 11.3 Å². The first-order valence-corrected chi connectivity index (χ1v) is 8.79. The molecule has 3 aromatic rings. The van der Waals surface area contributed by atoms with Crippen molar-refractivity contribution in [2.45, 2.75) is 6.92 Å². The zero-order chi connectivity index (χ0) is 18.1. The smallest absolute Gasteiger partial charge is 0.349 e. The third kappa shape index (κ3) is 3.72. The molecule has 1 heterocycles. The maximum absolute atomic E-state index is 12.4. The van der Waals surface area contributed by atoms with Gasteiger partial charge in [0, 0.05) is 21.1 Å². The summed E-state index contributed by atoms with van der Waals surface area (Å²) in [5.74, 6) is -0.647. The Labute approximate surface area is 159 Å². The van der Waals surface area contributed by atoms with Crippen LogP contribution in [0, 0.1) is 0 Å². The molecule has 0 saturated carbocycles. The van der Waals surface area contributed by atoms with Crippen molar-refractivity contribution < 1.29 is 14.0 Å². The summed E-state index contributed by atoms with van der Waals surface area (Å²) in [6.45, 7) is 1.46. The number of hydrogen-bond acceptors (Lipinski definition) is 4. The number of fused-ring (bicyclic) bond motifs is 1. The summed E-state index contributed by atoms with van der Waals surface area (Å²) in [5.41, 5.74) is 0.555. The Morgan fingerprint density at radius 3 is 2.36 bits per heavy atom. The van der Waals surface area contributed by atoms with Crippen LogP contribution in [0.4, 0.5) is 5.69 Å². The van der Waals surface area contributed by atoms with E-state index in [2.05, 4.69) is 37.2 Å². The minimum absolute atomic E-state index is 0.0656. The molecule has 0 saturated heterocycles. The molecule has 126 valence electrons. The molecule has 0 bridgehead atoms. The highest BCUT2D eigenvalue weighted by atomic mass is 79.9. The largest absolute Gasteiger partial charge is 0.421 e. The van der Waals surface area contributed by atoms with Gasteiger partial charge in [-0.2, -0.15) is 0 Å². The van der Waals surface area contributed by atoms with Gasteiger partial charge < -0.3 is 9.73 Å². The van der Waals surface area contributed by atoms with Gasteiger partial charge in [-0.3, -0.25) is 9.59 Å². The second-order valence-corrected chi connectivity index (χ2v) is 7.11. The van der Waals surface area contributed by atoms with Crippen LogP contribution in [-0.4, -0.2) is 11.7 Å². The maximum atomic E-state index is 12.4. The average molecular weight is 465 g/mol. The van der Waals surface area contributed by atoms with Gasteiger partial charge >= 0.3 is 5.63 Å². The first-order chi connectivity index (χ1) is 11.8. The number of rotatable bonds is 3. The predicted molar refractivity (Wildman–Crippen MR) is 102 cm³/mol. The normalized spacial score (nSPS) is 10.7. The lowest BCUT2D eigenvalue weighted by Gasteiger charge is -2.07. The van der Waals surface area contributed by atoms with E-state index in [0.29, 0.717) is 26.7 Å². The molecule has 0 aliphatic carbocycles. The van der Waals surface area contributed by atoms with Crippen LogP contribution >= 0.6 is 31.9 Å². The van der Waals surface area contributed by atoms with E-state index >= 15 is 0 Å². The van der Waals surface area contributed by atoms with Crippen LogP contribution in [0.15, 0.2) is 60.6 Å². The number of amides is 1. The van der Waals surface area contributed by atoms with Crippen molar-refractivity contribution >= 4 is 60.2 Å². The zero-order valence-electron chi connectivity index (χ0n) is 12.9. The summed E-state index contributed by atoms with van der Waals surface area (Å²) in [6, 6.07) is 11.4. The molecule has 7 heteroatoms. The van der Waals surface area contributed by atoms with Crippen LogP contribution in [0.3, 0.4) is 0 Å². The van der Waals surface area contributed by atoms with Crippen molar-refractivity contribution in [2.75, 3.05) is 5.32 Å². The Kier molecular flexibility index (Phi) is 4.87.